The average Bonchev–Trinajstić information content (AvgIpc) is 2.74. The third-order valence-electron chi connectivity index (χ3n) is 4.90. The van der Waals surface area contributed by atoms with Crippen LogP contribution in [-0.4, -0.2) is 36.2 Å². The molecular weight excluding hydrogens is 354 g/mol. The van der Waals surface area contributed by atoms with Crippen LogP contribution < -0.4 is 0 Å². The minimum Gasteiger partial charge on any atom is -0.457 e. The van der Waals surface area contributed by atoms with Gasteiger partial charge in [0, 0.05) is 12.5 Å². The average molecular weight is 379 g/mol. The molecule has 0 N–H and O–H groups in total. The second-order valence-corrected chi connectivity index (χ2v) is 6.87. The molecule has 1 aliphatic heterocycles. The molecule has 1 amide bonds. The number of nitrogens with zero attached hydrogens (tertiary/aromatic N) is 1. The first kappa shape index (κ1) is 19.7. The maximum atomic E-state index is 12.5. The molecule has 5 nitrogen and oxygen atoms in total. The van der Waals surface area contributed by atoms with Crippen LogP contribution in [0.4, 0.5) is 4.79 Å². The number of piperidine rings is 1. The SMILES string of the molecule is C=CCC1CCN(C(=O)OCc2ccccc2)CC1OC(=O)c1ccccc1. The Bertz CT molecular complexity index is 791. The lowest BCUT2D eigenvalue weighted by molar-refractivity contribution is -0.0184. The molecular formula is C23H25NO4. The third-order valence-corrected chi connectivity index (χ3v) is 4.90. The number of rotatable bonds is 6. The fourth-order valence-corrected chi connectivity index (χ4v) is 3.34. The van der Waals surface area contributed by atoms with E-state index in [4.69, 9.17) is 9.47 Å². The fraction of sp³-hybridized carbons (Fsp3) is 0.304. The Labute approximate surface area is 165 Å². The van der Waals surface area contributed by atoms with Gasteiger partial charge in [0.25, 0.3) is 0 Å². The molecule has 0 bridgehead atoms. The van der Waals surface area contributed by atoms with Crippen LogP contribution in [0.25, 0.3) is 0 Å². The number of allylic oxidation sites excluding steroid dienone is 1. The molecule has 5 heteroatoms. The highest BCUT2D eigenvalue weighted by molar-refractivity contribution is 5.89. The van der Waals surface area contributed by atoms with Gasteiger partial charge in [-0.3, -0.25) is 0 Å². The molecule has 2 aromatic carbocycles. The van der Waals surface area contributed by atoms with Crippen LogP contribution in [0.3, 0.4) is 0 Å². The number of likely N-dealkylation sites (tertiary alicyclic amines) is 1. The molecule has 2 aromatic rings. The van der Waals surface area contributed by atoms with Gasteiger partial charge >= 0.3 is 12.1 Å². The number of benzene rings is 2. The summed E-state index contributed by atoms with van der Waals surface area (Å²) in [5.74, 6) is -0.234. The molecule has 146 valence electrons. The largest absolute Gasteiger partial charge is 0.457 e. The van der Waals surface area contributed by atoms with Crippen molar-refractivity contribution in [2.45, 2.75) is 25.6 Å². The minimum absolute atomic E-state index is 0.142. The van der Waals surface area contributed by atoms with E-state index in [1.165, 1.54) is 0 Å². The Morgan fingerprint density at radius 3 is 2.43 bits per heavy atom. The maximum Gasteiger partial charge on any atom is 0.410 e. The van der Waals surface area contributed by atoms with E-state index in [0.29, 0.717) is 18.7 Å². The van der Waals surface area contributed by atoms with E-state index in [1.807, 2.05) is 42.5 Å². The van der Waals surface area contributed by atoms with Crippen molar-refractivity contribution in [1.29, 1.82) is 0 Å². The summed E-state index contributed by atoms with van der Waals surface area (Å²) in [5.41, 5.74) is 1.44. The van der Waals surface area contributed by atoms with Crippen LogP contribution in [0.1, 0.15) is 28.8 Å². The van der Waals surface area contributed by atoms with E-state index < -0.39 is 0 Å². The first-order valence-corrected chi connectivity index (χ1v) is 9.50. The molecule has 3 rings (SSSR count). The van der Waals surface area contributed by atoms with Gasteiger partial charge < -0.3 is 14.4 Å². The lowest BCUT2D eigenvalue weighted by atomic mass is 9.91. The molecule has 1 saturated heterocycles. The van der Waals surface area contributed by atoms with E-state index in [2.05, 4.69) is 6.58 Å². The topological polar surface area (TPSA) is 55.8 Å². The van der Waals surface area contributed by atoms with Crippen molar-refractivity contribution >= 4 is 12.1 Å². The van der Waals surface area contributed by atoms with E-state index >= 15 is 0 Å². The number of ether oxygens (including phenoxy) is 2. The van der Waals surface area contributed by atoms with Crippen LogP contribution in [0.2, 0.25) is 0 Å². The van der Waals surface area contributed by atoms with Gasteiger partial charge in [-0.05, 0) is 30.5 Å². The minimum atomic E-state index is -0.387. The lowest BCUT2D eigenvalue weighted by Crippen LogP contribution is -2.48. The number of carbonyl (C=O) groups is 2. The van der Waals surface area contributed by atoms with Crippen molar-refractivity contribution in [3.63, 3.8) is 0 Å². The Hall–Kier alpha value is -3.08. The summed E-state index contributed by atoms with van der Waals surface area (Å²) in [6.07, 6.45) is 2.53. The van der Waals surface area contributed by atoms with E-state index in [9.17, 15) is 9.59 Å². The van der Waals surface area contributed by atoms with Crippen LogP contribution in [0, 0.1) is 5.92 Å². The molecule has 1 heterocycles. The van der Waals surface area contributed by atoms with Crippen molar-refractivity contribution in [3.05, 3.63) is 84.4 Å². The van der Waals surface area contributed by atoms with E-state index in [0.717, 1.165) is 18.4 Å². The van der Waals surface area contributed by atoms with Gasteiger partial charge in [-0.25, -0.2) is 9.59 Å². The number of amides is 1. The summed E-state index contributed by atoms with van der Waals surface area (Å²) in [6, 6.07) is 18.4. The van der Waals surface area contributed by atoms with Gasteiger partial charge in [0.15, 0.2) is 0 Å². The summed E-state index contributed by atoms with van der Waals surface area (Å²) in [4.78, 5) is 26.6. The standard InChI is InChI=1S/C23H25NO4/c1-2-9-19-14-15-24(23(26)27-17-18-10-5-3-6-11-18)16-21(19)28-22(25)20-12-7-4-8-13-20/h2-8,10-13,19,21H,1,9,14-17H2. The Morgan fingerprint density at radius 1 is 1.07 bits per heavy atom. The summed E-state index contributed by atoms with van der Waals surface area (Å²) in [7, 11) is 0. The normalized spacial score (nSPS) is 18.9. The molecule has 2 unspecified atom stereocenters. The van der Waals surface area contributed by atoms with Crippen LogP contribution in [0.15, 0.2) is 73.3 Å². The Kier molecular flexibility index (Phi) is 6.84. The molecule has 0 aliphatic carbocycles. The zero-order chi connectivity index (χ0) is 19.8. The van der Waals surface area contributed by atoms with Gasteiger partial charge in [0.2, 0.25) is 0 Å². The Balaban J connectivity index is 1.61. The second kappa shape index (κ2) is 9.74. The third kappa shape index (κ3) is 5.22. The highest BCUT2D eigenvalue weighted by atomic mass is 16.6. The first-order valence-electron chi connectivity index (χ1n) is 9.50. The highest BCUT2D eigenvalue weighted by Crippen LogP contribution is 2.25. The molecule has 0 aromatic heterocycles. The summed E-state index contributed by atoms with van der Waals surface area (Å²) in [5, 5.41) is 0. The second-order valence-electron chi connectivity index (χ2n) is 6.87. The zero-order valence-electron chi connectivity index (χ0n) is 15.8. The van der Waals surface area contributed by atoms with Gasteiger partial charge in [-0.15, -0.1) is 6.58 Å². The van der Waals surface area contributed by atoms with Crippen molar-refractivity contribution in [2.24, 2.45) is 5.92 Å². The first-order chi connectivity index (χ1) is 13.7. The monoisotopic (exact) mass is 379 g/mol. The van der Waals surface area contributed by atoms with Gasteiger partial charge in [0.05, 0.1) is 12.1 Å². The smallest absolute Gasteiger partial charge is 0.410 e. The number of esters is 1. The summed E-state index contributed by atoms with van der Waals surface area (Å²) < 4.78 is 11.2. The summed E-state index contributed by atoms with van der Waals surface area (Å²) >= 11 is 0. The molecule has 0 spiro atoms. The number of hydrogen-bond donors (Lipinski definition) is 0. The van der Waals surface area contributed by atoms with E-state index in [-0.39, 0.29) is 30.7 Å². The van der Waals surface area contributed by atoms with Crippen molar-refractivity contribution < 1.29 is 19.1 Å². The van der Waals surface area contributed by atoms with Gasteiger partial charge in [-0.1, -0.05) is 54.6 Å². The van der Waals surface area contributed by atoms with Crippen molar-refractivity contribution in [1.82, 2.24) is 4.90 Å². The fourth-order valence-electron chi connectivity index (χ4n) is 3.34. The van der Waals surface area contributed by atoms with Gasteiger partial charge in [0.1, 0.15) is 12.7 Å². The molecule has 1 fully saturated rings. The predicted octanol–water partition coefficient (Wildman–Crippen LogP) is 4.45. The van der Waals surface area contributed by atoms with Gasteiger partial charge in [-0.2, -0.15) is 0 Å². The molecule has 28 heavy (non-hydrogen) atoms. The zero-order valence-corrected chi connectivity index (χ0v) is 15.8. The van der Waals surface area contributed by atoms with E-state index in [1.54, 1.807) is 29.2 Å². The van der Waals surface area contributed by atoms with Crippen LogP contribution >= 0.6 is 0 Å². The molecule has 1 aliphatic rings. The van der Waals surface area contributed by atoms with Crippen LogP contribution in [-0.2, 0) is 16.1 Å². The predicted molar refractivity (Wildman–Crippen MR) is 107 cm³/mol. The van der Waals surface area contributed by atoms with Crippen molar-refractivity contribution in [2.75, 3.05) is 13.1 Å². The molecule has 2 atom stereocenters. The quantitative estimate of drug-likeness (QED) is 0.550. The number of hydrogen-bond acceptors (Lipinski definition) is 4. The number of carbonyl (C=O) groups excluding carboxylic acids is 2. The maximum absolute atomic E-state index is 12.5. The highest BCUT2D eigenvalue weighted by Gasteiger charge is 2.34. The lowest BCUT2D eigenvalue weighted by Gasteiger charge is -2.37. The molecule has 0 radical (unpaired) electrons. The summed E-state index contributed by atoms with van der Waals surface area (Å²) in [6.45, 7) is 4.92. The molecule has 0 saturated carbocycles. The Morgan fingerprint density at radius 2 is 1.75 bits per heavy atom. The van der Waals surface area contributed by atoms with Crippen molar-refractivity contribution in [3.8, 4) is 0 Å². The van der Waals surface area contributed by atoms with Crippen LogP contribution in [0.5, 0.6) is 0 Å².